The van der Waals surface area contributed by atoms with Crippen LogP contribution in [0.5, 0.6) is 0 Å². The molecule has 0 radical (unpaired) electrons. The molecule has 1 heterocycles. The van der Waals surface area contributed by atoms with E-state index < -0.39 is 0 Å². The molecule has 0 saturated carbocycles. The third kappa shape index (κ3) is 3.11. The van der Waals surface area contributed by atoms with Crippen molar-refractivity contribution in [2.24, 2.45) is 0 Å². The number of nitrogens with zero attached hydrogens (tertiary/aromatic N) is 1. The van der Waals surface area contributed by atoms with Crippen molar-refractivity contribution in [3.05, 3.63) is 52.6 Å². The molecule has 1 aromatic heterocycles. The van der Waals surface area contributed by atoms with Crippen LogP contribution in [0.3, 0.4) is 0 Å². The van der Waals surface area contributed by atoms with Gasteiger partial charge in [-0.25, -0.2) is 4.98 Å². The fourth-order valence-corrected chi connectivity index (χ4v) is 1.94. The minimum absolute atomic E-state index is 0.0799. The Morgan fingerprint density at radius 2 is 2.33 bits per heavy atom. The summed E-state index contributed by atoms with van der Waals surface area (Å²) in [6, 6.07) is 5.24. The molecule has 0 fully saturated rings. The van der Waals surface area contributed by atoms with Crippen molar-refractivity contribution in [2.75, 3.05) is 6.54 Å². The maximum Gasteiger partial charge on any atom is 0.251 e. The van der Waals surface area contributed by atoms with E-state index in [9.17, 15) is 4.79 Å². The second-order valence-corrected chi connectivity index (χ2v) is 4.48. The normalized spacial score (nSPS) is 10.3. The number of hydrogen-bond acceptors (Lipinski definition) is 2. The van der Waals surface area contributed by atoms with Gasteiger partial charge in [-0.1, -0.05) is 11.6 Å². The number of rotatable bonds is 4. The van der Waals surface area contributed by atoms with Gasteiger partial charge in [0.15, 0.2) is 0 Å². The number of halogens is 1. The first kappa shape index (κ1) is 12.6. The Balaban J connectivity index is 1.91. The van der Waals surface area contributed by atoms with Crippen LogP contribution in [0.2, 0.25) is 5.02 Å². The molecule has 0 spiro atoms. The smallest absolute Gasteiger partial charge is 0.251 e. The quantitative estimate of drug-likeness (QED) is 0.890. The lowest BCUT2D eigenvalue weighted by Gasteiger charge is -2.07. The molecule has 2 N–H and O–H groups in total. The molecule has 1 amide bonds. The average Bonchev–Trinajstić information content (AvgIpc) is 2.81. The standard InChI is InChI=1S/C13H14ClN3O/c1-9-6-10(14)2-3-12(9)13(18)16-5-4-11-7-15-8-17-11/h2-3,6-8H,4-5H2,1H3,(H,15,17)(H,16,18). The van der Waals surface area contributed by atoms with E-state index in [0.29, 0.717) is 17.1 Å². The van der Waals surface area contributed by atoms with Crippen molar-refractivity contribution < 1.29 is 4.79 Å². The monoisotopic (exact) mass is 263 g/mol. The molecule has 0 saturated heterocycles. The lowest BCUT2D eigenvalue weighted by atomic mass is 10.1. The third-order valence-corrected chi connectivity index (χ3v) is 2.90. The number of aromatic amines is 1. The highest BCUT2D eigenvalue weighted by molar-refractivity contribution is 6.30. The summed E-state index contributed by atoms with van der Waals surface area (Å²) in [4.78, 5) is 18.8. The van der Waals surface area contributed by atoms with Gasteiger partial charge in [-0.3, -0.25) is 4.79 Å². The Bertz CT molecular complexity index is 537. The van der Waals surface area contributed by atoms with Crippen LogP contribution in [0.1, 0.15) is 21.6 Å². The Labute approximate surface area is 110 Å². The number of carbonyl (C=O) groups is 1. The van der Waals surface area contributed by atoms with Gasteiger partial charge < -0.3 is 10.3 Å². The molecule has 5 heteroatoms. The summed E-state index contributed by atoms with van der Waals surface area (Å²) in [5.41, 5.74) is 2.54. The Kier molecular flexibility index (Phi) is 3.99. The SMILES string of the molecule is Cc1cc(Cl)ccc1C(=O)NCCc1cnc[nH]1. The van der Waals surface area contributed by atoms with E-state index in [4.69, 9.17) is 11.6 Å². The Morgan fingerprint density at radius 1 is 1.50 bits per heavy atom. The summed E-state index contributed by atoms with van der Waals surface area (Å²) < 4.78 is 0. The summed E-state index contributed by atoms with van der Waals surface area (Å²) in [5.74, 6) is -0.0799. The third-order valence-electron chi connectivity index (χ3n) is 2.67. The molecular weight excluding hydrogens is 250 g/mol. The lowest BCUT2D eigenvalue weighted by molar-refractivity contribution is 0.0953. The minimum atomic E-state index is -0.0799. The van der Waals surface area contributed by atoms with Gasteiger partial charge in [-0.05, 0) is 30.7 Å². The van der Waals surface area contributed by atoms with Crippen molar-refractivity contribution in [1.82, 2.24) is 15.3 Å². The van der Waals surface area contributed by atoms with Gasteiger partial charge >= 0.3 is 0 Å². The van der Waals surface area contributed by atoms with Gasteiger partial charge in [-0.2, -0.15) is 0 Å². The molecular formula is C13H14ClN3O. The van der Waals surface area contributed by atoms with Crippen LogP contribution in [0.25, 0.3) is 0 Å². The Hall–Kier alpha value is -1.81. The van der Waals surface area contributed by atoms with Crippen LogP contribution >= 0.6 is 11.6 Å². The average molecular weight is 264 g/mol. The number of imidazole rings is 1. The second kappa shape index (κ2) is 5.69. The zero-order valence-corrected chi connectivity index (χ0v) is 10.8. The van der Waals surface area contributed by atoms with Gasteiger partial charge in [0.2, 0.25) is 0 Å². The molecule has 0 unspecified atom stereocenters. The van der Waals surface area contributed by atoms with Gasteiger partial charge in [0.1, 0.15) is 0 Å². The lowest BCUT2D eigenvalue weighted by Crippen LogP contribution is -2.26. The molecule has 0 bridgehead atoms. The maximum absolute atomic E-state index is 11.9. The summed E-state index contributed by atoms with van der Waals surface area (Å²) >= 11 is 5.85. The number of benzene rings is 1. The van der Waals surface area contributed by atoms with Crippen molar-refractivity contribution >= 4 is 17.5 Å². The molecule has 2 rings (SSSR count). The van der Waals surface area contributed by atoms with E-state index in [-0.39, 0.29) is 5.91 Å². The zero-order chi connectivity index (χ0) is 13.0. The molecule has 1 aromatic carbocycles. The number of nitrogens with one attached hydrogen (secondary N) is 2. The van der Waals surface area contributed by atoms with Crippen LogP contribution in [0.4, 0.5) is 0 Å². The van der Waals surface area contributed by atoms with Gasteiger partial charge in [0, 0.05) is 35.4 Å². The second-order valence-electron chi connectivity index (χ2n) is 4.04. The minimum Gasteiger partial charge on any atom is -0.352 e. The molecule has 2 aromatic rings. The van der Waals surface area contributed by atoms with Gasteiger partial charge in [-0.15, -0.1) is 0 Å². The highest BCUT2D eigenvalue weighted by Crippen LogP contribution is 2.14. The van der Waals surface area contributed by atoms with E-state index >= 15 is 0 Å². The van der Waals surface area contributed by atoms with E-state index in [1.165, 1.54) is 0 Å². The predicted octanol–water partition coefficient (Wildman–Crippen LogP) is 2.34. The number of hydrogen-bond donors (Lipinski definition) is 2. The molecule has 0 aliphatic heterocycles. The van der Waals surface area contributed by atoms with Crippen LogP contribution in [0, 0.1) is 6.92 Å². The zero-order valence-electron chi connectivity index (χ0n) is 10.0. The maximum atomic E-state index is 11.9. The largest absolute Gasteiger partial charge is 0.352 e. The van der Waals surface area contributed by atoms with Gasteiger partial charge in [0.25, 0.3) is 5.91 Å². The summed E-state index contributed by atoms with van der Waals surface area (Å²) in [7, 11) is 0. The van der Waals surface area contributed by atoms with E-state index in [0.717, 1.165) is 17.7 Å². The van der Waals surface area contributed by atoms with Crippen molar-refractivity contribution in [3.8, 4) is 0 Å². The van der Waals surface area contributed by atoms with E-state index in [1.807, 2.05) is 6.92 Å². The van der Waals surface area contributed by atoms with Gasteiger partial charge in [0.05, 0.1) is 6.33 Å². The Morgan fingerprint density at radius 3 is 3.00 bits per heavy atom. The number of amides is 1. The number of aromatic nitrogens is 2. The fraction of sp³-hybridized carbons (Fsp3) is 0.231. The molecule has 4 nitrogen and oxygen atoms in total. The highest BCUT2D eigenvalue weighted by Gasteiger charge is 2.08. The first-order valence-corrected chi connectivity index (χ1v) is 6.06. The molecule has 0 atom stereocenters. The summed E-state index contributed by atoms with van der Waals surface area (Å²) in [6.07, 6.45) is 4.11. The van der Waals surface area contributed by atoms with Crippen LogP contribution < -0.4 is 5.32 Å². The molecule has 0 aliphatic carbocycles. The first-order chi connectivity index (χ1) is 8.66. The topological polar surface area (TPSA) is 57.8 Å². The summed E-state index contributed by atoms with van der Waals surface area (Å²) in [6.45, 7) is 2.44. The molecule has 94 valence electrons. The summed E-state index contributed by atoms with van der Waals surface area (Å²) in [5, 5.41) is 3.51. The first-order valence-electron chi connectivity index (χ1n) is 5.68. The van der Waals surface area contributed by atoms with Crippen LogP contribution in [-0.2, 0) is 6.42 Å². The molecule has 0 aliphatic rings. The predicted molar refractivity (Wildman–Crippen MR) is 70.8 cm³/mol. The number of carbonyl (C=O) groups excluding carboxylic acids is 1. The van der Waals surface area contributed by atoms with Crippen LogP contribution in [0.15, 0.2) is 30.7 Å². The molecule has 18 heavy (non-hydrogen) atoms. The van der Waals surface area contributed by atoms with Crippen LogP contribution in [-0.4, -0.2) is 22.4 Å². The highest BCUT2D eigenvalue weighted by atomic mass is 35.5. The van der Waals surface area contributed by atoms with Crippen molar-refractivity contribution in [1.29, 1.82) is 0 Å². The number of aryl methyl sites for hydroxylation is 1. The van der Waals surface area contributed by atoms with E-state index in [2.05, 4.69) is 15.3 Å². The number of H-pyrrole nitrogens is 1. The van der Waals surface area contributed by atoms with E-state index in [1.54, 1.807) is 30.7 Å². The fourth-order valence-electron chi connectivity index (χ4n) is 1.71. The van der Waals surface area contributed by atoms with Crippen molar-refractivity contribution in [2.45, 2.75) is 13.3 Å². The van der Waals surface area contributed by atoms with Crippen molar-refractivity contribution in [3.63, 3.8) is 0 Å².